The SMILES string of the molecule is N=C(/C=C\C(=N)c1cccc(-c2cccc(C(=N)/C=C\C(=N)c3ccccn3)n2)n1)c1ccccn1. The van der Waals surface area contributed by atoms with Crippen LogP contribution in [0.15, 0.2) is 109 Å². The van der Waals surface area contributed by atoms with Gasteiger partial charge in [-0.3, -0.25) is 31.6 Å². The van der Waals surface area contributed by atoms with Crippen molar-refractivity contribution in [1.82, 2.24) is 19.9 Å². The smallest absolute Gasteiger partial charge is 0.0894 e. The monoisotopic (exact) mass is 470 g/mol. The molecule has 4 heterocycles. The van der Waals surface area contributed by atoms with Crippen LogP contribution in [0.1, 0.15) is 22.8 Å². The minimum Gasteiger partial charge on any atom is -0.299 e. The summed E-state index contributed by atoms with van der Waals surface area (Å²) in [6.45, 7) is 0. The summed E-state index contributed by atoms with van der Waals surface area (Å²) < 4.78 is 0. The molecule has 4 rings (SSSR count). The Hall–Kier alpha value is -5.24. The first-order chi connectivity index (χ1) is 17.5. The van der Waals surface area contributed by atoms with Crippen molar-refractivity contribution in [3.63, 3.8) is 0 Å². The fraction of sp³-hybridized carbons (Fsp3) is 0. The Morgan fingerprint density at radius 1 is 0.444 bits per heavy atom. The van der Waals surface area contributed by atoms with Crippen molar-refractivity contribution in [2.75, 3.05) is 0 Å². The molecule has 4 aromatic heterocycles. The molecule has 0 atom stereocenters. The first kappa shape index (κ1) is 23.9. The molecule has 174 valence electrons. The lowest BCUT2D eigenvalue weighted by Crippen LogP contribution is -2.04. The Bertz CT molecular complexity index is 1370. The van der Waals surface area contributed by atoms with E-state index >= 15 is 0 Å². The van der Waals surface area contributed by atoms with Gasteiger partial charge < -0.3 is 0 Å². The highest BCUT2D eigenvalue weighted by Crippen LogP contribution is 2.16. The molecule has 0 aliphatic rings. The van der Waals surface area contributed by atoms with E-state index in [-0.39, 0.29) is 22.8 Å². The maximum absolute atomic E-state index is 8.37. The van der Waals surface area contributed by atoms with Gasteiger partial charge in [-0.2, -0.15) is 0 Å². The predicted molar refractivity (Wildman–Crippen MR) is 142 cm³/mol. The molecular weight excluding hydrogens is 448 g/mol. The van der Waals surface area contributed by atoms with Gasteiger partial charge in [0.2, 0.25) is 0 Å². The molecule has 0 radical (unpaired) electrons. The molecule has 36 heavy (non-hydrogen) atoms. The molecule has 4 N–H and O–H groups in total. The van der Waals surface area contributed by atoms with Crippen molar-refractivity contribution in [2.24, 2.45) is 0 Å². The molecule has 0 fully saturated rings. The lowest BCUT2D eigenvalue weighted by Gasteiger charge is -2.06. The number of nitrogens with zero attached hydrogens (tertiary/aromatic N) is 4. The number of allylic oxidation sites excluding steroid dienone is 4. The summed E-state index contributed by atoms with van der Waals surface area (Å²) in [7, 11) is 0. The van der Waals surface area contributed by atoms with Crippen LogP contribution in [-0.2, 0) is 0 Å². The summed E-state index contributed by atoms with van der Waals surface area (Å²) in [5.41, 5.74) is 3.74. The fourth-order valence-corrected chi connectivity index (χ4v) is 3.17. The highest BCUT2D eigenvalue weighted by molar-refractivity contribution is 6.13. The van der Waals surface area contributed by atoms with Crippen LogP contribution in [0, 0.1) is 21.6 Å². The third-order valence-electron chi connectivity index (χ3n) is 5.03. The van der Waals surface area contributed by atoms with E-state index in [0.29, 0.717) is 34.2 Å². The van der Waals surface area contributed by atoms with Gasteiger partial charge in [0.05, 0.1) is 57.0 Å². The highest BCUT2D eigenvalue weighted by atomic mass is 14.8. The lowest BCUT2D eigenvalue weighted by molar-refractivity contribution is 1.21. The highest BCUT2D eigenvalue weighted by Gasteiger charge is 2.08. The van der Waals surface area contributed by atoms with E-state index in [0.717, 1.165) is 0 Å². The van der Waals surface area contributed by atoms with Gasteiger partial charge in [0.15, 0.2) is 0 Å². The van der Waals surface area contributed by atoms with E-state index in [1.54, 1.807) is 73.1 Å². The van der Waals surface area contributed by atoms with E-state index in [9.17, 15) is 0 Å². The summed E-state index contributed by atoms with van der Waals surface area (Å²) in [6.07, 6.45) is 9.32. The van der Waals surface area contributed by atoms with Crippen LogP contribution >= 0.6 is 0 Å². The standard InChI is InChI=1S/C28H22N8/c29-19(23-7-1-3-17-33-23)13-15-21(31)25-9-5-11-27(35-25)28-12-6-10-26(36-28)22(32)16-14-20(30)24-8-2-4-18-34-24/h1-18,29-32H/b15-13-,16-14-,29-19?,30-20?,31-21?,32-22?. The van der Waals surface area contributed by atoms with Crippen LogP contribution in [0.5, 0.6) is 0 Å². The second-order valence-corrected chi connectivity index (χ2v) is 7.57. The van der Waals surface area contributed by atoms with Gasteiger partial charge in [-0.15, -0.1) is 0 Å². The third-order valence-corrected chi connectivity index (χ3v) is 5.03. The molecular formula is C28H22N8. The van der Waals surface area contributed by atoms with Crippen LogP contribution < -0.4 is 0 Å². The summed E-state index contributed by atoms with van der Waals surface area (Å²) in [6, 6.07) is 21.3. The van der Waals surface area contributed by atoms with E-state index < -0.39 is 0 Å². The van der Waals surface area contributed by atoms with Gasteiger partial charge in [-0.25, -0.2) is 9.97 Å². The van der Waals surface area contributed by atoms with E-state index in [1.807, 2.05) is 12.1 Å². The average Bonchev–Trinajstić information content (AvgIpc) is 2.95. The molecule has 0 aromatic carbocycles. The third kappa shape index (κ3) is 6.00. The van der Waals surface area contributed by atoms with Gasteiger partial charge in [0, 0.05) is 12.4 Å². The predicted octanol–water partition coefficient (Wildman–Crippen LogP) is 4.92. The number of rotatable bonds is 9. The van der Waals surface area contributed by atoms with Crippen LogP contribution in [0.3, 0.4) is 0 Å². The molecule has 0 aliphatic carbocycles. The van der Waals surface area contributed by atoms with Crippen LogP contribution in [0.4, 0.5) is 0 Å². The molecule has 0 saturated heterocycles. The normalized spacial score (nSPS) is 11.0. The van der Waals surface area contributed by atoms with Gasteiger partial charge >= 0.3 is 0 Å². The molecule has 4 aromatic rings. The van der Waals surface area contributed by atoms with E-state index in [1.165, 1.54) is 24.3 Å². The summed E-state index contributed by atoms with van der Waals surface area (Å²) in [5.74, 6) is 0. The van der Waals surface area contributed by atoms with Gasteiger partial charge in [-0.05, 0) is 72.8 Å². The number of pyridine rings is 4. The number of nitrogens with one attached hydrogen (secondary N) is 4. The second-order valence-electron chi connectivity index (χ2n) is 7.57. The zero-order valence-electron chi connectivity index (χ0n) is 19.2. The van der Waals surface area contributed by atoms with Crippen molar-refractivity contribution in [1.29, 1.82) is 21.6 Å². The van der Waals surface area contributed by atoms with Gasteiger partial charge in [-0.1, -0.05) is 24.3 Å². The average molecular weight is 471 g/mol. The van der Waals surface area contributed by atoms with Crippen LogP contribution in [-0.4, -0.2) is 42.8 Å². The van der Waals surface area contributed by atoms with Crippen molar-refractivity contribution in [3.8, 4) is 11.4 Å². The van der Waals surface area contributed by atoms with Crippen molar-refractivity contribution < 1.29 is 0 Å². The van der Waals surface area contributed by atoms with Crippen LogP contribution in [0.2, 0.25) is 0 Å². The fourth-order valence-electron chi connectivity index (χ4n) is 3.17. The first-order valence-corrected chi connectivity index (χ1v) is 11.0. The Morgan fingerprint density at radius 3 is 1.17 bits per heavy atom. The number of hydrogen-bond acceptors (Lipinski definition) is 8. The molecule has 0 bridgehead atoms. The molecule has 0 spiro atoms. The Morgan fingerprint density at radius 2 is 0.806 bits per heavy atom. The minimum absolute atomic E-state index is 0.150. The first-order valence-electron chi connectivity index (χ1n) is 11.0. The Kier molecular flexibility index (Phi) is 7.47. The van der Waals surface area contributed by atoms with E-state index in [2.05, 4.69) is 19.9 Å². The molecule has 0 saturated carbocycles. The number of hydrogen-bond donors (Lipinski definition) is 4. The van der Waals surface area contributed by atoms with Crippen LogP contribution in [0.25, 0.3) is 11.4 Å². The Labute approximate surface area is 208 Å². The molecule has 0 unspecified atom stereocenters. The van der Waals surface area contributed by atoms with Crippen molar-refractivity contribution >= 4 is 22.8 Å². The summed E-state index contributed by atoms with van der Waals surface area (Å²) in [5, 5.41) is 33.0. The van der Waals surface area contributed by atoms with Crippen molar-refractivity contribution in [3.05, 3.63) is 132 Å². The maximum Gasteiger partial charge on any atom is 0.0894 e. The Balaban J connectivity index is 1.49. The van der Waals surface area contributed by atoms with Gasteiger partial charge in [0.25, 0.3) is 0 Å². The summed E-state index contributed by atoms with van der Waals surface area (Å²) in [4.78, 5) is 17.4. The maximum atomic E-state index is 8.37. The number of aromatic nitrogens is 4. The topological polar surface area (TPSA) is 147 Å². The summed E-state index contributed by atoms with van der Waals surface area (Å²) >= 11 is 0. The zero-order chi connectivity index (χ0) is 25.3. The second kappa shape index (κ2) is 11.3. The molecule has 8 heteroatoms. The largest absolute Gasteiger partial charge is 0.299 e. The molecule has 8 nitrogen and oxygen atoms in total. The lowest BCUT2D eigenvalue weighted by atomic mass is 10.1. The van der Waals surface area contributed by atoms with Gasteiger partial charge in [0.1, 0.15) is 0 Å². The van der Waals surface area contributed by atoms with Crippen molar-refractivity contribution in [2.45, 2.75) is 0 Å². The molecule has 0 aliphatic heterocycles. The minimum atomic E-state index is 0.150. The van der Waals surface area contributed by atoms with E-state index in [4.69, 9.17) is 21.6 Å². The quantitative estimate of drug-likeness (QED) is 0.257. The zero-order valence-corrected chi connectivity index (χ0v) is 19.2. The molecule has 0 amide bonds.